The largest absolute Gasteiger partial charge is 0.463 e. The molecule has 4 nitrogen and oxygen atoms in total. The van der Waals surface area contributed by atoms with Crippen molar-refractivity contribution in [3.63, 3.8) is 0 Å². The number of carbonyl (C=O) groups is 1. The molecule has 0 aliphatic heterocycles. The maximum absolute atomic E-state index is 11.4. The van der Waals surface area contributed by atoms with Gasteiger partial charge in [-0.1, -0.05) is 12.6 Å². The molecule has 0 bridgehead atoms. The standard InChI is InChI=1S/C14H20N2O2/c1-4-18-14(17)12(2)11-16(3)10-8-13-7-5-6-9-15-13/h5-7,9H,2,4,8,10-11H2,1,3H3. The molecule has 0 saturated carbocycles. The fourth-order valence-corrected chi connectivity index (χ4v) is 1.55. The van der Waals surface area contributed by atoms with Crippen molar-refractivity contribution in [1.29, 1.82) is 0 Å². The van der Waals surface area contributed by atoms with Crippen molar-refractivity contribution in [3.05, 3.63) is 42.2 Å². The molecule has 98 valence electrons. The van der Waals surface area contributed by atoms with Gasteiger partial charge in [0.25, 0.3) is 0 Å². The third-order valence-corrected chi connectivity index (χ3v) is 2.50. The summed E-state index contributed by atoms with van der Waals surface area (Å²) >= 11 is 0. The number of ether oxygens (including phenoxy) is 1. The Balaban J connectivity index is 2.31. The van der Waals surface area contributed by atoms with Crippen LogP contribution in [0.15, 0.2) is 36.5 Å². The zero-order chi connectivity index (χ0) is 13.4. The maximum atomic E-state index is 11.4. The fourth-order valence-electron chi connectivity index (χ4n) is 1.55. The number of esters is 1. The molecule has 0 atom stereocenters. The summed E-state index contributed by atoms with van der Waals surface area (Å²) in [4.78, 5) is 17.7. The topological polar surface area (TPSA) is 42.4 Å². The molecule has 0 radical (unpaired) electrons. The Morgan fingerprint density at radius 3 is 2.89 bits per heavy atom. The second-order valence-corrected chi connectivity index (χ2v) is 4.13. The molecular weight excluding hydrogens is 228 g/mol. The number of pyridine rings is 1. The zero-order valence-electron chi connectivity index (χ0n) is 11.1. The third-order valence-electron chi connectivity index (χ3n) is 2.50. The lowest BCUT2D eigenvalue weighted by molar-refractivity contribution is -0.138. The van der Waals surface area contributed by atoms with Gasteiger partial charge in [-0.05, 0) is 26.1 Å². The van der Waals surface area contributed by atoms with Crippen LogP contribution in [0, 0.1) is 0 Å². The highest BCUT2D eigenvalue weighted by Crippen LogP contribution is 2.01. The number of hydrogen-bond acceptors (Lipinski definition) is 4. The molecule has 1 aromatic heterocycles. The molecule has 0 spiro atoms. The third kappa shape index (κ3) is 5.10. The van der Waals surface area contributed by atoms with Gasteiger partial charge in [-0.2, -0.15) is 0 Å². The average molecular weight is 248 g/mol. The Morgan fingerprint density at radius 1 is 1.50 bits per heavy atom. The molecule has 1 rings (SSSR count). The molecular formula is C14H20N2O2. The number of hydrogen-bond donors (Lipinski definition) is 0. The quantitative estimate of drug-likeness (QED) is 0.544. The van der Waals surface area contributed by atoms with Crippen molar-refractivity contribution in [2.75, 3.05) is 26.7 Å². The molecule has 1 heterocycles. The normalized spacial score (nSPS) is 10.4. The highest BCUT2D eigenvalue weighted by atomic mass is 16.5. The van der Waals surface area contributed by atoms with E-state index in [9.17, 15) is 4.79 Å². The van der Waals surface area contributed by atoms with E-state index in [-0.39, 0.29) is 5.97 Å². The lowest BCUT2D eigenvalue weighted by Gasteiger charge is -2.16. The minimum Gasteiger partial charge on any atom is -0.463 e. The summed E-state index contributed by atoms with van der Waals surface area (Å²) in [7, 11) is 1.95. The zero-order valence-corrected chi connectivity index (χ0v) is 11.1. The number of aromatic nitrogens is 1. The van der Waals surface area contributed by atoms with Crippen LogP contribution in [0.2, 0.25) is 0 Å². The molecule has 0 saturated heterocycles. The summed E-state index contributed by atoms with van der Waals surface area (Å²) in [5.74, 6) is -0.317. The Kier molecular flexibility index (Phi) is 6.08. The Bertz CT molecular complexity index is 390. The molecule has 0 aromatic carbocycles. The lowest BCUT2D eigenvalue weighted by Crippen LogP contribution is -2.26. The van der Waals surface area contributed by atoms with Crippen molar-refractivity contribution in [1.82, 2.24) is 9.88 Å². The molecule has 18 heavy (non-hydrogen) atoms. The van der Waals surface area contributed by atoms with Crippen molar-refractivity contribution in [3.8, 4) is 0 Å². The van der Waals surface area contributed by atoms with E-state index >= 15 is 0 Å². The van der Waals surface area contributed by atoms with Crippen molar-refractivity contribution in [2.45, 2.75) is 13.3 Å². The van der Waals surface area contributed by atoms with Gasteiger partial charge in [0.05, 0.1) is 6.61 Å². The molecule has 0 aliphatic carbocycles. The molecule has 0 fully saturated rings. The highest BCUT2D eigenvalue weighted by Gasteiger charge is 2.10. The predicted molar refractivity (Wildman–Crippen MR) is 71.2 cm³/mol. The summed E-state index contributed by atoms with van der Waals surface area (Å²) in [6, 6.07) is 5.86. The van der Waals surface area contributed by atoms with E-state index in [0.29, 0.717) is 18.7 Å². The van der Waals surface area contributed by atoms with Crippen LogP contribution in [-0.4, -0.2) is 42.6 Å². The SMILES string of the molecule is C=C(CN(C)CCc1ccccn1)C(=O)OCC. The van der Waals surface area contributed by atoms with Crippen LogP contribution in [0.25, 0.3) is 0 Å². The van der Waals surface area contributed by atoms with Crippen molar-refractivity contribution >= 4 is 5.97 Å². The van der Waals surface area contributed by atoms with E-state index in [0.717, 1.165) is 18.7 Å². The van der Waals surface area contributed by atoms with E-state index in [4.69, 9.17) is 4.74 Å². The van der Waals surface area contributed by atoms with Crippen LogP contribution in [0.3, 0.4) is 0 Å². The van der Waals surface area contributed by atoms with Gasteiger partial charge in [0.2, 0.25) is 0 Å². The first-order chi connectivity index (χ1) is 8.63. The minimum atomic E-state index is -0.317. The van der Waals surface area contributed by atoms with Gasteiger partial charge >= 0.3 is 5.97 Å². The van der Waals surface area contributed by atoms with Gasteiger partial charge in [-0.15, -0.1) is 0 Å². The van der Waals surface area contributed by atoms with Crippen LogP contribution in [0.5, 0.6) is 0 Å². The maximum Gasteiger partial charge on any atom is 0.334 e. The monoisotopic (exact) mass is 248 g/mol. The first-order valence-corrected chi connectivity index (χ1v) is 6.06. The highest BCUT2D eigenvalue weighted by molar-refractivity contribution is 5.88. The smallest absolute Gasteiger partial charge is 0.334 e. The van der Waals surface area contributed by atoms with Gasteiger partial charge < -0.3 is 9.64 Å². The molecule has 0 amide bonds. The van der Waals surface area contributed by atoms with Gasteiger partial charge in [0, 0.05) is 37.0 Å². The lowest BCUT2D eigenvalue weighted by atomic mass is 10.2. The summed E-state index contributed by atoms with van der Waals surface area (Å²) in [6.07, 6.45) is 2.64. The second kappa shape index (κ2) is 7.61. The van der Waals surface area contributed by atoms with Gasteiger partial charge in [0.15, 0.2) is 0 Å². The summed E-state index contributed by atoms with van der Waals surface area (Å²) in [5.41, 5.74) is 1.53. The summed E-state index contributed by atoms with van der Waals surface area (Å²) < 4.78 is 4.89. The molecule has 0 N–H and O–H groups in total. The molecule has 0 unspecified atom stereocenters. The van der Waals surface area contributed by atoms with E-state index < -0.39 is 0 Å². The fraction of sp³-hybridized carbons (Fsp3) is 0.429. The number of rotatable bonds is 7. The Morgan fingerprint density at radius 2 is 2.28 bits per heavy atom. The predicted octanol–water partition coefficient (Wildman–Crippen LogP) is 1.68. The van der Waals surface area contributed by atoms with Crippen molar-refractivity contribution in [2.24, 2.45) is 0 Å². The van der Waals surface area contributed by atoms with Crippen LogP contribution in [-0.2, 0) is 16.0 Å². The second-order valence-electron chi connectivity index (χ2n) is 4.13. The minimum absolute atomic E-state index is 0.317. The first kappa shape index (κ1) is 14.4. The van der Waals surface area contributed by atoms with E-state index in [1.165, 1.54) is 0 Å². The van der Waals surface area contributed by atoms with E-state index in [1.54, 1.807) is 13.1 Å². The summed E-state index contributed by atoms with van der Waals surface area (Å²) in [6.45, 7) is 7.26. The van der Waals surface area contributed by atoms with Crippen molar-refractivity contribution < 1.29 is 9.53 Å². The molecule has 1 aromatic rings. The van der Waals surface area contributed by atoms with Gasteiger partial charge in [-0.25, -0.2) is 4.79 Å². The van der Waals surface area contributed by atoms with E-state index in [2.05, 4.69) is 11.6 Å². The van der Waals surface area contributed by atoms with Crippen LogP contribution < -0.4 is 0 Å². The molecule has 4 heteroatoms. The number of nitrogens with zero attached hydrogens (tertiary/aromatic N) is 2. The van der Waals surface area contributed by atoms with E-state index in [1.807, 2.05) is 30.1 Å². The van der Waals surface area contributed by atoms with Crippen LogP contribution in [0.4, 0.5) is 0 Å². The Hall–Kier alpha value is -1.68. The van der Waals surface area contributed by atoms with Gasteiger partial charge in [0.1, 0.15) is 0 Å². The van der Waals surface area contributed by atoms with Crippen LogP contribution in [0.1, 0.15) is 12.6 Å². The van der Waals surface area contributed by atoms with Crippen LogP contribution >= 0.6 is 0 Å². The average Bonchev–Trinajstić information content (AvgIpc) is 2.38. The first-order valence-electron chi connectivity index (χ1n) is 6.06. The summed E-state index contributed by atoms with van der Waals surface area (Å²) in [5, 5.41) is 0. The molecule has 0 aliphatic rings. The Labute approximate surface area is 108 Å². The number of carbonyl (C=O) groups excluding carboxylic acids is 1. The number of likely N-dealkylation sites (N-methyl/N-ethyl adjacent to an activating group) is 1. The van der Waals surface area contributed by atoms with Gasteiger partial charge in [-0.3, -0.25) is 4.98 Å².